The monoisotopic (exact) mass is 932 g/mol. The van der Waals surface area contributed by atoms with E-state index in [1.165, 1.54) is 250 Å². The lowest BCUT2D eigenvalue weighted by molar-refractivity contribution is -0.143. The van der Waals surface area contributed by atoms with Crippen LogP contribution in [0.5, 0.6) is 0 Å². The molecule has 0 aliphatic heterocycles. The second kappa shape index (κ2) is 56.2. The number of carbonyl (C=O) groups is 2. The summed E-state index contributed by atoms with van der Waals surface area (Å²) in [7, 11) is 0. The molecule has 0 heterocycles. The van der Waals surface area contributed by atoms with Crippen molar-refractivity contribution < 1.29 is 24.5 Å². The molecule has 0 rings (SSSR count). The highest BCUT2D eigenvalue weighted by molar-refractivity contribution is 5.76. The number of hydrogen-bond acceptors (Lipinski definition) is 5. The Balaban J connectivity index is 3.43. The average Bonchev–Trinajstić information content (AvgIpc) is 3.32. The number of ether oxygens (including phenoxy) is 1. The van der Waals surface area contributed by atoms with Gasteiger partial charge in [-0.25, -0.2) is 0 Å². The molecule has 3 N–H and O–H groups in total. The van der Waals surface area contributed by atoms with E-state index in [4.69, 9.17) is 4.74 Å². The number of amides is 1. The van der Waals surface area contributed by atoms with Crippen molar-refractivity contribution in [3.05, 3.63) is 12.2 Å². The third-order valence-electron chi connectivity index (χ3n) is 14.1. The minimum atomic E-state index is -0.670. The third-order valence-corrected chi connectivity index (χ3v) is 14.1. The molecule has 0 radical (unpaired) electrons. The van der Waals surface area contributed by atoms with E-state index in [1.54, 1.807) is 0 Å². The number of nitrogens with one attached hydrogen (secondary N) is 1. The van der Waals surface area contributed by atoms with Crippen LogP contribution in [0.2, 0.25) is 0 Å². The number of rotatable bonds is 56. The highest BCUT2D eigenvalue weighted by atomic mass is 16.5. The van der Waals surface area contributed by atoms with Crippen LogP contribution in [0.25, 0.3) is 0 Å². The summed E-state index contributed by atoms with van der Waals surface area (Å²) in [5.41, 5.74) is 0. The Labute approximate surface area is 412 Å². The van der Waals surface area contributed by atoms with Crippen LogP contribution in [0.15, 0.2) is 12.2 Å². The summed E-state index contributed by atoms with van der Waals surface area (Å²) < 4.78 is 5.47. The van der Waals surface area contributed by atoms with Gasteiger partial charge in [-0.2, -0.15) is 0 Å². The molecule has 0 aromatic heterocycles. The van der Waals surface area contributed by atoms with Gasteiger partial charge >= 0.3 is 5.97 Å². The Hall–Kier alpha value is -1.40. The Morgan fingerprint density at radius 1 is 0.409 bits per heavy atom. The molecule has 0 aliphatic rings. The SMILES string of the molecule is CCCCCCCC/C=C\CCCCCCCC(=O)OCCCCCCCCCCCCCCCCCC(=O)NC(CO)C(O)CCCCCCCCCCCCCCCCCCCCC. The molecule has 6 heteroatoms. The summed E-state index contributed by atoms with van der Waals surface area (Å²) in [6.07, 6.45) is 66.3. The van der Waals surface area contributed by atoms with Crippen molar-refractivity contribution >= 4 is 11.9 Å². The third kappa shape index (κ3) is 52.0. The topological polar surface area (TPSA) is 95.9 Å². The number of unbranched alkanes of at least 4 members (excludes halogenated alkanes) is 43. The number of aliphatic hydroxyl groups excluding tert-OH is 2. The Morgan fingerprint density at radius 3 is 1.08 bits per heavy atom. The highest BCUT2D eigenvalue weighted by Crippen LogP contribution is 2.18. The maximum Gasteiger partial charge on any atom is 0.305 e. The number of hydrogen-bond donors (Lipinski definition) is 3. The molecule has 0 bridgehead atoms. The standard InChI is InChI=1S/C60H117NO5/c1-3-5-7-9-11-13-15-17-19-20-21-22-25-28-32-36-40-44-48-52-58(63)57(56-62)61-59(64)53-49-45-41-37-33-29-26-23-27-31-35-39-43-47-51-55-66-60(65)54-50-46-42-38-34-30-24-18-16-14-12-10-8-6-4-2/h18,24,57-58,62-63H,3-17,19-23,25-56H2,1-2H3,(H,61,64)/b24-18-. The highest BCUT2D eigenvalue weighted by Gasteiger charge is 2.20. The summed E-state index contributed by atoms with van der Waals surface area (Å²) in [5, 5.41) is 23.3. The minimum Gasteiger partial charge on any atom is -0.466 e. The van der Waals surface area contributed by atoms with Gasteiger partial charge in [0, 0.05) is 12.8 Å². The zero-order valence-electron chi connectivity index (χ0n) is 44.7. The maximum atomic E-state index is 12.5. The van der Waals surface area contributed by atoms with Crippen LogP contribution in [0.4, 0.5) is 0 Å². The van der Waals surface area contributed by atoms with E-state index in [9.17, 15) is 19.8 Å². The Morgan fingerprint density at radius 2 is 0.712 bits per heavy atom. The van der Waals surface area contributed by atoms with E-state index >= 15 is 0 Å². The van der Waals surface area contributed by atoms with Gasteiger partial charge in [0.1, 0.15) is 0 Å². The van der Waals surface area contributed by atoms with Gasteiger partial charge in [-0.1, -0.05) is 283 Å². The number of esters is 1. The van der Waals surface area contributed by atoms with Gasteiger partial charge in [0.05, 0.1) is 25.4 Å². The molecular weight excluding hydrogens is 815 g/mol. The van der Waals surface area contributed by atoms with Crippen molar-refractivity contribution in [2.45, 2.75) is 347 Å². The number of allylic oxidation sites excluding steroid dienone is 2. The lowest BCUT2D eigenvalue weighted by Crippen LogP contribution is -2.45. The fourth-order valence-electron chi connectivity index (χ4n) is 9.46. The summed E-state index contributed by atoms with van der Waals surface area (Å²) >= 11 is 0. The van der Waals surface area contributed by atoms with Crippen LogP contribution in [0.1, 0.15) is 335 Å². The molecule has 1 amide bonds. The summed E-state index contributed by atoms with van der Waals surface area (Å²) in [6.45, 7) is 4.95. The van der Waals surface area contributed by atoms with Crippen molar-refractivity contribution in [3.63, 3.8) is 0 Å². The van der Waals surface area contributed by atoms with Gasteiger partial charge < -0.3 is 20.3 Å². The molecule has 66 heavy (non-hydrogen) atoms. The first-order chi connectivity index (χ1) is 32.5. The number of carbonyl (C=O) groups excluding carboxylic acids is 2. The molecule has 0 fully saturated rings. The fraction of sp³-hybridized carbons (Fsp3) is 0.933. The van der Waals surface area contributed by atoms with Gasteiger partial charge in [0.15, 0.2) is 0 Å². The van der Waals surface area contributed by atoms with Crippen molar-refractivity contribution in [2.24, 2.45) is 0 Å². The first kappa shape index (κ1) is 64.6. The molecule has 392 valence electrons. The van der Waals surface area contributed by atoms with Crippen molar-refractivity contribution in [3.8, 4) is 0 Å². The maximum absolute atomic E-state index is 12.5. The predicted octanol–water partition coefficient (Wildman–Crippen LogP) is 18.5. The van der Waals surface area contributed by atoms with Crippen LogP contribution in [0.3, 0.4) is 0 Å². The largest absolute Gasteiger partial charge is 0.466 e. The van der Waals surface area contributed by atoms with Gasteiger partial charge in [-0.15, -0.1) is 0 Å². The fourth-order valence-corrected chi connectivity index (χ4v) is 9.46. The van der Waals surface area contributed by atoms with Crippen LogP contribution in [0, 0.1) is 0 Å². The van der Waals surface area contributed by atoms with Crippen molar-refractivity contribution in [1.82, 2.24) is 5.32 Å². The first-order valence-corrected chi connectivity index (χ1v) is 29.9. The Kier molecular flexibility index (Phi) is 55.0. The first-order valence-electron chi connectivity index (χ1n) is 29.9. The van der Waals surface area contributed by atoms with Crippen LogP contribution >= 0.6 is 0 Å². The van der Waals surface area contributed by atoms with Crippen LogP contribution in [-0.4, -0.2) is 47.4 Å². The Bertz CT molecular complexity index is 986. The summed E-state index contributed by atoms with van der Waals surface area (Å²) in [5.74, 6) is -0.0467. The normalized spacial score (nSPS) is 12.6. The smallest absolute Gasteiger partial charge is 0.305 e. The molecule has 0 saturated heterocycles. The van der Waals surface area contributed by atoms with Crippen molar-refractivity contribution in [1.29, 1.82) is 0 Å². The van der Waals surface area contributed by atoms with Gasteiger partial charge in [0.2, 0.25) is 5.91 Å². The molecular formula is C60H117NO5. The minimum absolute atomic E-state index is 0.00626. The zero-order chi connectivity index (χ0) is 47.9. The second-order valence-electron chi connectivity index (χ2n) is 20.7. The molecule has 2 atom stereocenters. The van der Waals surface area contributed by atoms with E-state index in [1.807, 2.05) is 0 Å². The molecule has 0 aromatic rings. The molecule has 0 aromatic carbocycles. The lowest BCUT2D eigenvalue weighted by Gasteiger charge is -2.22. The molecule has 0 spiro atoms. The van der Waals surface area contributed by atoms with Crippen molar-refractivity contribution in [2.75, 3.05) is 13.2 Å². The summed E-state index contributed by atoms with van der Waals surface area (Å²) in [4.78, 5) is 24.6. The van der Waals surface area contributed by atoms with Gasteiger partial charge in [-0.05, 0) is 51.4 Å². The average molecular weight is 933 g/mol. The number of aliphatic hydroxyl groups is 2. The van der Waals surface area contributed by atoms with E-state index < -0.39 is 12.1 Å². The van der Waals surface area contributed by atoms with Gasteiger partial charge in [0.25, 0.3) is 0 Å². The van der Waals surface area contributed by atoms with Crippen LogP contribution in [-0.2, 0) is 14.3 Å². The predicted molar refractivity (Wildman–Crippen MR) is 287 cm³/mol. The molecule has 6 nitrogen and oxygen atoms in total. The molecule has 0 saturated carbocycles. The second-order valence-corrected chi connectivity index (χ2v) is 20.7. The van der Waals surface area contributed by atoms with E-state index in [0.29, 0.717) is 25.9 Å². The van der Waals surface area contributed by atoms with E-state index in [0.717, 1.165) is 51.4 Å². The molecule has 2 unspecified atom stereocenters. The lowest BCUT2D eigenvalue weighted by atomic mass is 10.0. The van der Waals surface area contributed by atoms with Crippen LogP contribution < -0.4 is 5.32 Å². The quantitative estimate of drug-likeness (QED) is 0.0321. The van der Waals surface area contributed by atoms with E-state index in [-0.39, 0.29) is 18.5 Å². The molecule has 0 aliphatic carbocycles. The summed E-state index contributed by atoms with van der Waals surface area (Å²) in [6, 6.07) is -0.548. The van der Waals surface area contributed by atoms with Gasteiger partial charge in [-0.3, -0.25) is 9.59 Å². The van der Waals surface area contributed by atoms with E-state index in [2.05, 4.69) is 31.3 Å². The zero-order valence-corrected chi connectivity index (χ0v) is 44.7.